The van der Waals surface area contributed by atoms with Crippen LogP contribution >= 0.6 is 0 Å². The van der Waals surface area contributed by atoms with Crippen molar-refractivity contribution in [1.82, 2.24) is 0 Å². The summed E-state index contributed by atoms with van der Waals surface area (Å²) in [5, 5.41) is 1.05. The third kappa shape index (κ3) is 3.81. The Morgan fingerprint density at radius 3 is 2.52 bits per heavy atom. The summed E-state index contributed by atoms with van der Waals surface area (Å²) in [7, 11) is -3.69. The molecule has 5 heteroatoms. The van der Waals surface area contributed by atoms with Gasteiger partial charge in [0.25, 0.3) is 10.1 Å². The van der Waals surface area contributed by atoms with Crippen LogP contribution in [0.4, 0.5) is 0 Å². The van der Waals surface area contributed by atoms with Crippen molar-refractivity contribution in [2.24, 2.45) is 0 Å². The van der Waals surface area contributed by atoms with Gasteiger partial charge in [-0.2, -0.15) is 8.42 Å². The molecule has 0 saturated carbocycles. The van der Waals surface area contributed by atoms with Crippen LogP contribution in [0.15, 0.2) is 63.9 Å². The summed E-state index contributed by atoms with van der Waals surface area (Å²) in [4.78, 5) is 0.187. The smallest absolute Gasteiger partial charge is 0.296 e. The van der Waals surface area contributed by atoms with Gasteiger partial charge in [-0.1, -0.05) is 35.9 Å². The van der Waals surface area contributed by atoms with E-state index in [0.717, 1.165) is 22.3 Å². The zero-order valence-corrected chi connectivity index (χ0v) is 13.7. The minimum Gasteiger partial charge on any atom is -0.461 e. The molecule has 0 unspecified atom stereocenters. The van der Waals surface area contributed by atoms with Crippen molar-refractivity contribution in [2.45, 2.75) is 24.7 Å². The lowest BCUT2D eigenvalue weighted by Gasteiger charge is -2.05. The van der Waals surface area contributed by atoms with E-state index >= 15 is 0 Å². The van der Waals surface area contributed by atoms with Crippen molar-refractivity contribution < 1.29 is 17.0 Å². The molecule has 120 valence electrons. The fourth-order valence-electron chi connectivity index (χ4n) is 2.35. The second-order valence-electron chi connectivity index (χ2n) is 5.44. The van der Waals surface area contributed by atoms with Crippen molar-refractivity contribution in [3.8, 4) is 0 Å². The van der Waals surface area contributed by atoms with Crippen LogP contribution in [0.25, 0.3) is 11.0 Å². The topological polar surface area (TPSA) is 56.5 Å². The molecule has 0 aliphatic rings. The SMILES string of the molecule is Cc1ccc(S(=O)(=O)OCCCc2cc3ccccc3o2)cc1. The van der Waals surface area contributed by atoms with Crippen LogP contribution in [0, 0.1) is 6.92 Å². The molecule has 2 aromatic carbocycles. The van der Waals surface area contributed by atoms with Crippen LogP contribution in [-0.2, 0) is 20.7 Å². The van der Waals surface area contributed by atoms with E-state index in [2.05, 4.69) is 0 Å². The minimum atomic E-state index is -3.69. The van der Waals surface area contributed by atoms with Crippen molar-refractivity contribution in [1.29, 1.82) is 0 Å². The number of para-hydroxylation sites is 1. The van der Waals surface area contributed by atoms with Crippen LogP contribution in [0.2, 0.25) is 0 Å². The van der Waals surface area contributed by atoms with Gasteiger partial charge in [0.15, 0.2) is 0 Å². The van der Waals surface area contributed by atoms with Gasteiger partial charge in [0.1, 0.15) is 11.3 Å². The number of fused-ring (bicyclic) bond motifs is 1. The molecule has 0 saturated heterocycles. The number of aryl methyl sites for hydroxylation is 2. The predicted molar refractivity (Wildman–Crippen MR) is 88.9 cm³/mol. The zero-order chi connectivity index (χ0) is 16.3. The summed E-state index contributed by atoms with van der Waals surface area (Å²) in [5.41, 5.74) is 1.85. The first-order chi connectivity index (χ1) is 11.0. The van der Waals surface area contributed by atoms with Gasteiger partial charge in [-0.15, -0.1) is 0 Å². The molecule has 1 heterocycles. The highest BCUT2D eigenvalue weighted by atomic mass is 32.2. The molecule has 3 aromatic rings. The lowest BCUT2D eigenvalue weighted by Crippen LogP contribution is -2.08. The first kappa shape index (κ1) is 15.8. The van der Waals surface area contributed by atoms with Gasteiger partial charge < -0.3 is 4.42 Å². The van der Waals surface area contributed by atoms with Gasteiger partial charge in [0, 0.05) is 11.8 Å². The molecule has 1 aromatic heterocycles. The van der Waals surface area contributed by atoms with Gasteiger partial charge in [0.05, 0.1) is 11.5 Å². The van der Waals surface area contributed by atoms with Crippen molar-refractivity contribution in [3.05, 3.63) is 65.9 Å². The van der Waals surface area contributed by atoms with Crippen molar-refractivity contribution in [2.75, 3.05) is 6.61 Å². The molecule has 0 fully saturated rings. The van der Waals surface area contributed by atoms with Gasteiger partial charge in [-0.05, 0) is 37.6 Å². The van der Waals surface area contributed by atoms with E-state index in [1.54, 1.807) is 24.3 Å². The van der Waals surface area contributed by atoms with Gasteiger partial charge in [-0.3, -0.25) is 4.18 Å². The van der Waals surface area contributed by atoms with E-state index in [1.165, 1.54) is 0 Å². The standard InChI is InChI=1S/C18H18O4S/c1-14-8-10-17(11-9-14)23(19,20)21-12-4-6-16-13-15-5-2-3-7-18(15)22-16/h2-3,5,7-11,13H,4,6,12H2,1H3. The van der Waals surface area contributed by atoms with E-state index in [-0.39, 0.29) is 11.5 Å². The van der Waals surface area contributed by atoms with Crippen molar-refractivity contribution in [3.63, 3.8) is 0 Å². The van der Waals surface area contributed by atoms with Gasteiger partial charge >= 0.3 is 0 Å². The summed E-state index contributed by atoms with van der Waals surface area (Å²) in [6.07, 6.45) is 1.21. The van der Waals surface area contributed by atoms with Crippen LogP contribution in [-0.4, -0.2) is 15.0 Å². The quantitative estimate of drug-likeness (QED) is 0.505. The highest BCUT2D eigenvalue weighted by Crippen LogP contribution is 2.20. The van der Waals surface area contributed by atoms with Crippen LogP contribution in [0.1, 0.15) is 17.7 Å². The second kappa shape index (κ2) is 6.56. The maximum Gasteiger partial charge on any atom is 0.296 e. The molecule has 0 N–H and O–H groups in total. The molecule has 0 radical (unpaired) electrons. The van der Waals surface area contributed by atoms with Gasteiger partial charge in [-0.25, -0.2) is 0 Å². The van der Waals surface area contributed by atoms with E-state index in [9.17, 15) is 8.42 Å². The zero-order valence-electron chi connectivity index (χ0n) is 12.9. The lowest BCUT2D eigenvalue weighted by molar-refractivity contribution is 0.308. The third-order valence-electron chi connectivity index (χ3n) is 3.59. The number of benzene rings is 2. The molecule has 0 spiro atoms. The number of rotatable bonds is 6. The molecule has 3 rings (SSSR count). The first-order valence-electron chi connectivity index (χ1n) is 7.48. The molecule has 0 atom stereocenters. The van der Waals surface area contributed by atoms with Crippen LogP contribution in [0.5, 0.6) is 0 Å². The third-order valence-corrected chi connectivity index (χ3v) is 4.92. The molecule has 0 amide bonds. The van der Waals surface area contributed by atoms with Crippen LogP contribution < -0.4 is 0 Å². The Bertz CT molecular complexity index is 859. The van der Waals surface area contributed by atoms with E-state index in [0.29, 0.717) is 12.8 Å². The van der Waals surface area contributed by atoms with Gasteiger partial charge in [0.2, 0.25) is 0 Å². The molecule has 4 nitrogen and oxygen atoms in total. The Morgan fingerprint density at radius 1 is 1.04 bits per heavy atom. The predicted octanol–water partition coefficient (Wildman–Crippen LogP) is 4.08. The molecule has 0 aliphatic heterocycles. The molecule has 0 aliphatic carbocycles. The monoisotopic (exact) mass is 330 g/mol. The molecule has 0 bridgehead atoms. The van der Waals surface area contributed by atoms with E-state index < -0.39 is 10.1 Å². The summed E-state index contributed by atoms with van der Waals surface area (Å²) >= 11 is 0. The minimum absolute atomic E-state index is 0.132. The first-order valence-corrected chi connectivity index (χ1v) is 8.89. The number of furan rings is 1. The lowest BCUT2D eigenvalue weighted by atomic mass is 10.2. The Labute approximate surface area is 135 Å². The molecular formula is C18H18O4S. The highest BCUT2D eigenvalue weighted by molar-refractivity contribution is 7.86. The largest absolute Gasteiger partial charge is 0.461 e. The summed E-state index contributed by atoms with van der Waals surface area (Å²) < 4.78 is 34.9. The fraction of sp³-hybridized carbons (Fsp3) is 0.222. The maximum absolute atomic E-state index is 12.1. The van der Waals surface area contributed by atoms with E-state index in [1.807, 2.05) is 37.3 Å². The Morgan fingerprint density at radius 2 is 1.78 bits per heavy atom. The maximum atomic E-state index is 12.1. The Kier molecular flexibility index (Phi) is 4.50. The molecule has 23 heavy (non-hydrogen) atoms. The Hall–Kier alpha value is -2.11. The number of hydrogen-bond acceptors (Lipinski definition) is 4. The molecular weight excluding hydrogens is 312 g/mol. The highest BCUT2D eigenvalue weighted by Gasteiger charge is 2.14. The number of hydrogen-bond donors (Lipinski definition) is 0. The van der Waals surface area contributed by atoms with Crippen LogP contribution in [0.3, 0.4) is 0 Å². The second-order valence-corrected chi connectivity index (χ2v) is 7.06. The van der Waals surface area contributed by atoms with E-state index in [4.69, 9.17) is 8.60 Å². The summed E-state index contributed by atoms with van der Waals surface area (Å²) in [6.45, 7) is 2.04. The fourth-order valence-corrected chi connectivity index (χ4v) is 3.29. The Balaban J connectivity index is 1.55. The average molecular weight is 330 g/mol. The average Bonchev–Trinajstić information content (AvgIpc) is 2.95. The normalized spacial score (nSPS) is 11.9. The summed E-state index contributed by atoms with van der Waals surface area (Å²) in [6, 6.07) is 16.4. The summed E-state index contributed by atoms with van der Waals surface area (Å²) in [5.74, 6) is 0.836. The van der Waals surface area contributed by atoms with Crippen molar-refractivity contribution >= 4 is 21.1 Å².